The van der Waals surface area contributed by atoms with Crippen LogP contribution in [-0.4, -0.2) is 47.7 Å². The summed E-state index contributed by atoms with van der Waals surface area (Å²) in [5.41, 5.74) is 2.16. The molecule has 0 bridgehead atoms. The van der Waals surface area contributed by atoms with E-state index in [1.807, 2.05) is 31.2 Å². The molecule has 2 heterocycles. The summed E-state index contributed by atoms with van der Waals surface area (Å²) in [6, 6.07) is 13.5. The highest BCUT2D eigenvalue weighted by molar-refractivity contribution is 6.46. The van der Waals surface area contributed by atoms with Crippen molar-refractivity contribution in [2.45, 2.75) is 25.4 Å². The van der Waals surface area contributed by atoms with Crippen molar-refractivity contribution in [2.75, 3.05) is 25.0 Å². The van der Waals surface area contributed by atoms with Crippen LogP contribution in [0.5, 0.6) is 0 Å². The molecule has 2 aliphatic heterocycles. The van der Waals surface area contributed by atoms with Crippen molar-refractivity contribution in [1.82, 2.24) is 10.2 Å². The number of para-hydroxylation sites is 1. The summed E-state index contributed by atoms with van der Waals surface area (Å²) in [5, 5.41) is 5.94. The lowest BCUT2D eigenvalue weighted by Gasteiger charge is -2.36. The number of nitrogens with zero attached hydrogens (tertiary/aromatic N) is 2. The van der Waals surface area contributed by atoms with E-state index >= 15 is 0 Å². The van der Waals surface area contributed by atoms with Crippen molar-refractivity contribution in [2.24, 2.45) is 4.99 Å². The summed E-state index contributed by atoms with van der Waals surface area (Å²) >= 11 is 0. The molecule has 2 aliphatic rings. The molecule has 1 saturated heterocycles. The Kier molecular flexibility index (Phi) is 5.15. The lowest BCUT2D eigenvalue weighted by molar-refractivity contribution is -0.119. The second kappa shape index (κ2) is 7.75. The third-order valence-electron chi connectivity index (χ3n) is 5.47. The summed E-state index contributed by atoms with van der Waals surface area (Å²) in [7, 11) is 0. The molecule has 7 heteroatoms. The largest absolute Gasteiger partial charge is 0.326 e. The normalized spacial score (nSPS) is 18.4. The SMILES string of the molecule is Cc1ccccc1NC(=O)CN1CCC2(CC1)N=C(c1ccc(F)cc1)C(=O)N2. The number of aryl methyl sites for hydroxylation is 1. The van der Waals surface area contributed by atoms with Gasteiger partial charge in [-0.25, -0.2) is 4.39 Å². The Morgan fingerprint density at radius 2 is 1.86 bits per heavy atom. The van der Waals surface area contributed by atoms with Crippen LogP contribution in [-0.2, 0) is 9.59 Å². The molecule has 2 aromatic rings. The predicted molar refractivity (Wildman–Crippen MR) is 109 cm³/mol. The second-order valence-corrected chi connectivity index (χ2v) is 7.59. The van der Waals surface area contributed by atoms with Crippen molar-refractivity contribution in [1.29, 1.82) is 0 Å². The summed E-state index contributed by atoms with van der Waals surface area (Å²) < 4.78 is 13.1. The van der Waals surface area contributed by atoms with E-state index in [4.69, 9.17) is 0 Å². The molecule has 2 N–H and O–H groups in total. The van der Waals surface area contributed by atoms with Gasteiger partial charge in [0.05, 0.1) is 6.54 Å². The molecule has 1 spiro atoms. The molecule has 0 saturated carbocycles. The third kappa shape index (κ3) is 4.19. The van der Waals surface area contributed by atoms with E-state index < -0.39 is 5.66 Å². The van der Waals surface area contributed by atoms with Crippen molar-refractivity contribution < 1.29 is 14.0 Å². The molecule has 2 amide bonds. The Hall–Kier alpha value is -3.06. The first-order valence-corrected chi connectivity index (χ1v) is 9.70. The molecular formula is C22H23FN4O2. The molecule has 2 aromatic carbocycles. The lowest BCUT2D eigenvalue weighted by Crippen LogP contribution is -2.52. The number of nitrogens with one attached hydrogen (secondary N) is 2. The Bertz CT molecular complexity index is 963. The summed E-state index contributed by atoms with van der Waals surface area (Å²) in [6.45, 7) is 3.57. The van der Waals surface area contributed by atoms with Crippen LogP contribution in [0.1, 0.15) is 24.0 Å². The molecule has 0 aliphatic carbocycles. The predicted octanol–water partition coefficient (Wildman–Crippen LogP) is 2.48. The zero-order chi connectivity index (χ0) is 20.4. The van der Waals surface area contributed by atoms with Crippen molar-refractivity contribution in [3.8, 4) is 0 Å². The highest BCUT2D eigenvalue weighted by Gasteiger charge is 2.42. The van der Waals surface area contributed by atoms with Gasteiger partial charge in [-0.2, -0.15) is 0 Å². The van der Waals surface area contributed by atoms with Crippen LogP contribution in [0.25, 0.3) is 0 Å². The average Bonchev–Trinajstić information content (AvgIpc) is 3.02. The second-order valence-electron chi connectivity index (χ2n) is 7.59. The van der Waals surface area contributed by atoms with Gasteiger partial charge in [-0.3, -0.25) is 19.5 Å². The summed E-state index contributed by atoms with van der Waals surface area (Å²) in [5.74, 6) is -0.636. The van der Waals surface area contributed by atoms with E-state index in [0.717, 1.165) is 11.3 Å². The standard InChI is InChI=1S/C22H23FN4O2/c1-15-4-2-3-5-18(15)24-19(28)14-27-12-10-22(11-13-27)25-20(21(29)26-22)16-6-8-17(23)9-7-16/h2-9H,10-14H2,1H3,(H,24,28)(H,26,29). The fourth-order valence-electron chi connectivity index (χ4n) is 3.79. The van der Waals surface area contributed by atoms with E-state index in [0.29, 0.717) is 43.8 Å². The van der Waals surface area contributed by atoms with Gasteiger partial charge in [0.2, 0.25) is 5.91 Å². The van der Waals surface area contributed by atoms with Gasteiger partial charge in [-0.15, -0.1) is 0 Å². The first-order chi connectivity index (χ1) is 13.9. The Balaban J connectivity index is 1.36. The van der Waals surface area contributed by atoms with Gasteiger partial charge in [0.15, 0.2) is 0 Å². The molecule has 0 atom stereocenters. The molecule has 150 valence electrons. The molecule has 0 unspecified atom stereocenters. The van der Waals surface area contributed by atoms with Crippen LogP contribution in [0.15, 0.2) is 53.5 Å². The van der Waals surface area contributed by atoms with Crippen LogP contribution in [0, 0.1) is 12.7 Å². The maximum absolute atomic E-state index is 13.1. The van der Waals surface area contributed by atoms with Crippen LogP contribution in [0.2, 0.25) is 0 Å². The van der Waals surface area contributed by atoms with E-state index in [-0.39, 0.29) is 17.6 Å². The number of hydrogen-bond donors (Lipinski definition) is 2. The Morgan fingerprint density at radius 1 is 1.17 bits per heavy atom. The molecule has 1 fully saturated rings. The highest BCUT2D eigenvalue weighted by Crippen LogP contribution is 2.29. The lowest BCUT2D eigenvalue weighted by atomic mass is 9.98. The number of amides is 2. The topological polar surface area (TPSA) is 73.8 Å². The molecule has 6 nitrogen and oxygen atoms in total. The minimum atomic E-state index is -0.635. The number of aliphatic imine (C=N–C) groups is 1. The minimum absolute atomic E-state index is 0.0544. The van der Waals surface area contributed by atoms with Gasteiger partial charge in [-0.05, 0) is 42.8 Å². The highest BCUT2D eigenvalue weighted by atomic mass is 19.1. The molecular weight excluding hydrogens is 371 g/mol. The number of rotatable bonds is 4. The molecule has 0 radical (unpaired) electrons. The van der Waals surface area contributed by atoms with Gasteiger partial charge in [0, 0.05) is 37.2 Å². The van der Waals surface area contributed by atoms with Gasteiger partial charge < -0.3 is 10.6 Å². The van der Waals surface area contributed by atoms with Crippen LogP contribution < -0.4 is 10.6 Å². The molecule has 29 heavy (non-hydrogen) atoms. The quantitative estimate of drug-likeness (QED) is 0.837. The Labute approximate surface area is 168 Å². The fraction of sp³-hybridized carbons (Fsp3) is 0.318. The number of hydrogen-bond acceptors (Lipinski definition) is 4. The first-order valence-electron chi connectivity index (χ1n) is 9.70. The first kappa shape index (κ1) is 19.3. The maximum atomic E-state index is 13.1. The van der Waals surface area contributed by atoms with Crippen molar-refractivity contribution in [3.63, 3.8) is 0 Å². The zero-order valence-corrected chi connectivity index (χ0v) is 16.2. The number of piperidine rings is 1. The molecule has 4 rings (SSSR count). The number of anilines is 1. The number of carbonyl (C=O) groups is 2. The zero-order valence-electron chi connectivity index (χ0n) is 16.2. The molecule has 0 aromatic heterocycles. The maximum Gasteiger partial charge on any atom is 0.272 e. The van der Waals surface area contributed by atoms with Crippen LogP contribution in [0.4, 0.5) is 10.1 Å². The van der Waals surface area contributed by atoms with E-state index in [2.05, 4.69) is 20.5 Å². The van der Waals surface area contributed by atoms with Crippen LogP contribution >= 0.6 is 0 Å². The monoisotopic (exact) mass is 394 g/mol. The minimum Gasteiger partial charge on any atom is -0.326 e. The van der Waals surface area contributed by atoms with E-state index in [1.54, 1.807) is 12.1 Å². The number of benzene rings is 2. The number of likely N-dealkylation sites (tertiary alicyclic amines) is 1. The van der Waals surface area contributed by atoms with Gasteiger partial charge in [0.25, 0.3) is 5.91 Å². The summed E-state index contributed by atoms with van der Waals surface area (Å²) in [6.07, 6.45) is 1.25. The van der Waals surface area contributed by atoms with Crippen molar-refractivity contribution in [3.05, 3.63) is 65.5 Å². The van der Waals surface area contributed by atoms with Gasteiger partial charge in [0.1, 0.15) is 17.2 Å². The average molecular weight is 394 g/mol. The van der Waals surface area contributed by atoms with Crippen LogP contribution in [0.3, 0.4) is 0 Å². The number of carbonyl (C=O) groups excluding carboxylic acids is 2. The van der Waals surface area contributed by atoms with Gasteiger partial charge in [-0.1, -0.05) is 18.2 Å². The third-order valence-corrected chi connectivity index (χ3v) is 5.47. The van der Waals surface area contributed by atoms with E-state index in [9.17, 15) is 14.0 Å². The fourth-order valence-corrected chi connectivity index (χ4v) is 3.79. The summed E-state index contributed by atoms with van der Waals surface area (Å²) in [4.78, 5) is 31.5. The number of halogens is 1. The Morgan fingerprint density at radius 3 is 2.55 bits per heavy atom. The van der Waals surface area contributed by atoms with Crippen molar-refractivity contribution >= 4 is 23.2 Å². The van der Waals surface area contributed by atoms with E-state index in [1.165, 1.54) is 12.1 Å². The smallest absolute Gasteiger partial charge is 0.272 e. The van der Waals surface area contributed by atoms with Gasteiger partial charge >= 0.3 is 0 Å².